The first kappa shape index (κ1) is 15.3. The van der Waals surface area contributed by atoms with Gasteiger partial charge in [-0.05, 0) is 29.3 Å². The van der Waals surface area contributed by atoms with E-state index in [1.54, 1.807) is 30.3 Å². The van der Waals surface area contributed by atoms with Crippen molar-refractivity contribution in [1.29, 1.82) is 0 Å². The summed E-state index contributed by atoms with van der Waals surface area (Å²) in [5, 5.41) is 10.0. The Labute approximate surface area is 119 Å². The Morgan fingerprint density at radius 3 is 2.14 bits per heavy atom. The number of hydrogen-bond acceptors (Lipinski definition) is 1. The van der Waals surface area contributed by atoms with Gasteiger partial charge in [-0.1, -0.05) is 48.5 Å². The van der Waals surface area contributed by atoms with Crippen LogP contribution in [0.4, 0.5) is 17.6 Å². The molecule has 1 nitrogen and oxygen atoms in total. The highest BCUT2D eigenvalue weighted by Gasteiger charge is 2.53. The van der Waals surface area contributed by atoms with Gasteiger partial charge in [-0.3, -0.25) is 0 Å². The van der Waals surface area contributed by atoms with Gasteiger partial charge in [-0.25, -0.2) is 4.39 Å². The Morgan fingerprint density at radius 2 is 1.57 bits per heavy atom. The molecule has 5 heteroatoms. The molecule has 2 rings (SSSR count). The van der Waals surface area contributed by atoms with Crippen molar-refractivity contribution in [1.82, 2.24) is 0 Å². The third-order valence-corrected chi connectivity index (χ3v) is 3.01. The molecule has 0 saturated heterocycles. The SMILES string of the molecule is OC(C=Cc1ccccc1)(c1cccc(F)c1)C(F)(F)F. The fraction of sp³-hybridized carbons (Fsp3) is 0.125. The van der Waals surface area contributed by atoms with Crippen LogP contribution in [0.3, 0.4) is 0 Å². The minimum atomic E-state index is -4.97. The largest absolute Gasteiger partial charge is 0.425 e. The van der Waals surface area contributed by atoms with Gasteiger partial charge >= 0.3 is 6.18 Å². The molecular weight excluding hydrogens is 284 g/mol. The monoisotopic (exact) mass is 296 g/mol. The Morgan fingerprint density at radius 1 is 0.905 bits per heavy atom. The fourth-order valence-corrected chi connectivity index (χ4v) is 1.86. The van der Waals surface area contributed by atoms with Crippen LogP contribution < -0.4 is 0 Å². The van der Waals surface area contributed by atoms with E-state index in [0.717, 1.165) is 24.3 Å². The van der Waals surface area contributed by atoms with Gasteiger partial charge in [-0.2, -0.15) is 13.2 Å². The third kappa shape index (κ3) is 3.31. The standard InChI is InChI=1S/C16H12F4O/c17-14-8-4-7-13(11-14)15(21,16(18,19)20)10-9-12-5-2-1-3-6-12/h1-11,21H. The Kier molecular flexibility index (Phi) is 4.14. The van der Waals surface area contributed by atoms with Crippen LogP contribution in [0.5, 0.6) is 0 Å². The first-order chi connectivity index (χ1) is 9.83. The van der Waals surface area contributed by atoms with E-state index in [1.165, 1.54) is 0 Å². The van der Waals surface area contributed by atoms with Gasteiger partial charge in [0.05, 0.1) is 0 Å². The number of aliphatic hydroxyl groups is 1. The van der Waals surface area contributed by atoms with Gasteiger partial charge in [0.2, 0.25) is 5.60 Å². The van der Waals surface area contributed by atoms with E-state index in [1.807, 2.05) is 0 Å². The maximum absolute atomic E-state index is 13.2. The van der Waals surface area contributed by atoms with Crippen molar-refractivity contribution in [2.75, 3.05) is 0 Å². The smallest absolute Gasteiger partial charge is 0.373 e. The number of halogens is 4. The molecule has 2 aromatic carbocycles. The normalized spacial score (nSPS) is 15.1. The minimum absolute atomic E-state index is 0.497. The summed E-state index contributed by atoms with van der Waals surface area (Å²) in [6, 6.07) is 12.1. The molecule has 0 spiro atoms. The summed E-state index contributed by atoms with van der Waals surface area (Å²) in [6.07, 6.45) is -3.19. The molecule has 1 unspecified atom stereocenters. The summed E-state index contributed by atoms with van der Waals surface area (Å²) in [6.45, 7) is 0. The molecule has 1 N–H and O–H groups in total. The number of benzene rings is 2. The first-order valence-electron chi connectivity index (χ1n) is 6.12. The second-order valence-corrected chi connectivity index (χ2v) is 4.52. The molecule has 1 atom stereocenters. The molecule has 0 aromatic heterocycles. The lowest BCUT2D eigenvalue weighted by molar-refractivity contribution is -0.245. The third-order valence-electron chi connectivity index (χ3n) is 3.01. The van der Waals surface area contributed by atoms with Crippen LogP contribution in [0.15, 0.2) is 60.7 Å². The molecule has 21 heavy (non-hydrogen) atoms. The van der Waals surface area contributed by atoms with Crippen LogP contribution >= 0.6 is 0 Å². The summed E-state index contributed by atoms with van der Waals surface area (Å²) < 4.78 is 52.7. The molecule has 0 aliphatic heterocycles. The molecule has 0 fully saturated rings. The first-order valence-corrected chi connectivity index (χ1v) is 6.12. The second kappa shape index (κ2) is 5.69. The average Bonchev–Trinajstić information content (AvgIpc) is 2.44. The van der Waals surface area contributed by atoms with E-state index in [9.17, 15) is 22.7 Å². The highest BCUT2D eigenvalue weighted by atomic mass is 19.4. The van der Waals surface area contributed by atoms with Gasteiger partial charge in [0.15, 0.2) is 0 Å². The quantitative estimate of drug-likeness (QED) is 0.838. The van der Waals surface area contributed by atoms with E-state index in [0.29, 0.717) is 17.7 Å². The molecular formula is C16H12F4O. The van der Waals surface area contributed by atoms with Crippen LogP contribution in [0, 0.1) is 5.82 Å². The fourth-order valence-electron chi connectivity index (χ4n) is 1.86. The molecule has 0 aliphatic rings. The van der Waals surface area contributed by atoms with Crippen molar-refractivity contribution in [3.8, 4) is 0 Å². The highest BCUT2D eigenvalue weighted by molar-refractivity contribution is 5.52. The van der Waals surface area contributed by atoms with E-state index in [4.69, 9.17) is 0 Å². The van der Waals surface area contributed by atoms with Crippen LogP contribution in [0.25, 0.3) is 6.08 Å². The molecule has 0 amide bonds. The van der Waals surface area contributed by atoms with E-state index >= 15 is 0 Å². The van der Waals surface area contributed by atoms with Crippen molar-refractivity contribution in [3.05, 3.63) is 77.6 Å². The maximum Gasteiger partial charge on any atom is 0.425 e. The van der Waals surface area contributed by atoms with Crippen molar-refractivity contribution in [2.45, 2.75) is 11.8 Å². The zero-order chi connectivity index (χ0) is 15.5. The molecule has 0 radical (unpaired) electrons. The zero-order valence-electron chi connectivity index (χ0n) is 10.8. The van der Waals surface area contributed by atoms with Crippen LogP contribution in [-0.4, -0.2) is 11.3 Å². The molecule has 110 valence electrons. The van der Waals surface area contributed by atoms with E-state index in [2.05, 4.69) is 0 Å². The highest BCUT2D eigenvalue weighted by Crippen LogP contribution is 2.40. The molecule has 2 aromatic rings. The molecule has 0 aliphatic carbocycles. The lowest BCUT2D eigenvalue weighted by atomic mass is 9.92. The van der Waals surface area contributed by atoms with E-state index in [-0.39, 0.29) is 0 Å². The summed E-state index contributed by atoms with van der Waals surface area (Å²) in [5.41, 5.74) is -3.32. The van der Waals surface area contributed by atoms with Crippen LogP contribution in [-0.2, 0) is 5.60 Å². The second-order valence-electron chi connectivity index (χ2n) is 4.52. The summed E-state index contributed by atoms with van der Waals surface area (Å²) in [5.74, 6) is -0.844. The summed E-state index contributed by atoms with van der Waals surface area (Å²) in [7, 11) is 0. The van der Waals surface area contributed by atoms with Crippen molar-refractivity contribution in [3.63, 3.8) is 0 Å². The van der Waals surface area contributed by atoms with Crippen molar-refractivity contribution < 1.29 is 22.7 Å². The number of alkyl halides is 3. The van der Waals surface area contributed by atoms with Crippen molar-refractivity contribution in [2.24, 2.45) is 0 Å². The van der Waals surface area contributed by atoms with Crippen LogP contribution in [0.2, 0.25) is 0 Å². The van der Waals surface area contributed by atoms with Gasteiger partial charge in [0, 0.05) is 0 Å². The lowest BCUT2D eigenvalue weighted by Crippen LogP contribution is -2.40. The van der Waals surface area contributed by atoms with E-state index < -0.39 is 23.2 Å². The molecule has 0 bridgehead atoms. The zero-order valence-corrected chi connectivity index (χ0v) is 10.8. The van der Waals surface area contributed by atoms with Gasteiger partial charge in [-0.15, -0.1) is 0 Å². The predicted octanol–water partition coefficient (Wildman–Crippen LogP) is 4.29. The van der Waals surface area contributed by atoms with Crippen LogP contribution in [0.1, 0.15) is 11.1 Å². The average molecular weight is 296 g/mol. The Hall–Kier alpha value is -2.14. The Balaban J connectivity index is 2.46. The topological polar surface area (TPSA) is 20.2 Å². The number of hydrogen-bond donors (Lipinski definition) is 1. The lowest BCUT2D eigenvalue weighted by Gasteiger charge is -2.28. The van der Waals surface area contributed by atoms with Gasteiger partial charge in [0.25, 0.3) is 0 Å². The Bertz CT molecular complexity index is 634. The molecule has 0 saturated carbocycles. The molecule has 0 heterocycles. The summed E-state index contributed by atoms with van der Waals surface area (Å²) >= 11 is 0. The minimum Gasteiger partial charge on any atom is -0.373 e. The van der Waals surface area contributed by atoms with Gasteiger partial charge < -0.3 is 5.11 Å². The van der Waals surface area contributed by atoms with Crippen molar-refractivity contribution >= 4 is 6.08 Å². The van der Waals surface area contributed by atoms with Gasteiger partial charge in [0.1, 0.15) is 5.82 Å². The predicted molar refractivity (Wildman–Crippen MR) is 71.8 cm³/mol. The summed E-state index contributed by atoms with van der Waals surface area (Å²) in [4.78, 5) is 0. The maximum atomic E-state index is 13.2. The number of rotatable bonds is 3.